The number of fused-ring (bicyclic) bond motifs is 1. The summed E-state index contributed by atoms with van der Waals surface area (Å²) in [5, 5.41) is 6.60. The maximum Gasteiger partial charge on any atom is 0.220 e. The van der Waals surface area contributed by atoms with Gasteiger partial charge >= 0.3 is 0 Å². The predicted octanol–water partition coefficient (Wildman–Crippen LogP) is 1.02. The van der Waals surface area contributed by atoms with Crippen LogP contribution in [0.25, 0.3) is 0 Å². The van der Waals surface area contributed by atoms with E-state index in [4.69, 9.17) is 0 Å². The number of piperidine rings is 1. The van der Waals surface area contributed by atoms with E-state index >= 15 is 0 Å². The van der Waals surface area contributed by atoms with Crippen molar-refractivity contribution in [2.75, 3.05) is 6.54 Å². The van der Waals surface area contributed by atoms with Gasteiger partial charge in [-0.25, -0.2) is 0 Å². The highest BCUT2D eigenvalue weighted by Gasteiger charge is 2.25. The molecule has 1 aliphatic carbocycles. The van der Waals surface area contributed by atoms with Crippen LogP contribution in [0.1, 0.15) is 24.0 Å². The highest BCUT2D eigenvalue weighted by atomic mass is 16.1. The molecule has 1 atom stereocenters. The molecule has 1 aliphatic heterocycles. The molecule has 0 spiro atoms. The summed E-state index contributed by atoms with van der Waals surface area (Å²) in [7, 11) is 0. The molecule has 1 fully saturated rings. The Hall–Kier alpha value is -1.35. The van der Waals surface area contributed by atoms with Gasteiger partial charge in [-0.1, -0.05) is 24.3 Å². The van der Waals surface area contributed by atoms with E-state index in [9.17, 15) is 4.79 Å². The van der Waals surface area contributed by atoms with Gasteiger partial charge in [0, 0.05) is 25.0 Å². The Morgan fingerprint density at radius 2 is 1.82 bits per heavy atom. The van der Waals surface area contributed by atoms with Crippen LogP contribution in [0.3, 0.4) is 0 Å². The quantitative estimate of drug-likeness (QED) is 0.796. The van der Waals surface area contributed by atoms with Gasteiger partial charge in [0.15, 0.2) is 0 Å². The second kappa shape index (κ2) is 4.49. The maximum atomic E-state index is 11.1. The minimum Gasteiger partial charge on any atom is -0.355 e. The predicted molar refractivity (Wildman–Crippen MR) is 66.8 cm³/mol. The lowest BCUT2D eigenvalue weighted by molar-refractivity contribution is -0.122. The van der Waals surface area contributed by atoms with Crippen molar-refractivity contribution in [1.82, 2.24) is 10.6 Å². The minimum absolute atomic E-state index is 0.192. The van der Waals surface area contributed by atoms with Gasteiger partial charge in [-0.15, -0.1) is 0 Å². The number of hydrogen-bond acceptors (Lipinski definition) is 2. The number of carbonyl (C=O) groups excluding carboxylic acids is 1. The molecule has 0 saturated carbocycles. The Kier molecular flexibility index (Phi) is 2.85. The molecule has 1 amide bonds. The van der Waals surface area contributed by atoms with E-state index in [0.29, 0.717) is 18.5 Å². The molecule has 2 N–H and O–H groups in total. The maximum absolute atomic E-state index is 11.1. The highest BCUT2D eigenvalue weighted by molar-refractivity contribution is 5.76. The molecule has 90 valence electrons. The van der Waals surface area contributed by atoms with Gasteiger partial charge in [-0.2, -0.15) is 0 Å². The van der Waals surface area contributed by atoms with Crippen molar-refractivity contribution in [2.24, 2.45) is 0 Å². The van der Waals surface area contributed by atoms with Crippen LogP contribution in [0.15, 0.2) is 24.3 Å². The molecule has 0 radical (unpaired) electrons. The molecular formula is C14H18N2O. The molecule has 3 nitrogen and oxygen atoms in total. The first-order valence-corrected chi connectivity index (χ1v) is 6.41. The lowest BCUT2D eigenvalue weighted by Gasteiger charge is -2.26. The molecule has 1 heterocycles. The van der Waals surface area contributed by atoms with E-state index in [0.717, 1.165) is 25.8 Å². The first-order valence-electron chi connectivity index (χ1n) is 6.41. The molecule has 1 unspecified atom stereocenters. The summed E-state index contributed by atoms with van der Waals surface area (Å²) in [4.78, 5) is 11.1. The van der Waals surface area contributed by atoms with Gasteiger partial charge in [0.2, 0.25) is 5.91 Å². The number of hydrogen-bond donors (Lipinski definition) is 2. The van der Waals surface area contributed by atoms with E-state index in [1.165, 1.54) is 11.1 Å². The Labute approximate surface area is 102 Å². The van der Waals surface area contributed by atoms with Crippen molar-refractivity contribution >= 4 is 5.91 Å². The molecule has 0 aromatic heterocycles. The van der Waals surface area contributed by atoms with Crippen LogP contribution < -0.4 is 10.6 Å². The standard InChI is InChI=1S/C14H18N2O/c17-14-6-5-12(9-15-14)16-13-7-10-3-1-2-4-11(10)8-13/h1-4,12-13,16H,5-9H2,(H,15,17). The first-order chi connectivity index (χ1) is 8.31. The number of benzene rings is 1. The molecule has 1 aromatic carbocycles. The topological polar surface area (TPSA) is 41.1 Å². The van der Waals surface area contributed by atoms with Crippen molar-refractivity contribution in [3.05, 3.63) is 35.4 Å². The SMILES string of the molecule is O=C1CCC(NC2Cc3ccccc3C2)CN1. The zero-order valence-electron chi connectivity index (χ0n) is 9.91. The summed E-state index contributed by atoms with van der Waals surface area (Å²) < 4.78 is 0. The fourth-order valence-electron chi connectivity index (χ4n) is 2.89. The molecule has 17 heavy (non-hydrogen) atoms. The summed E-state index contributed by atoms with van der Waals surface area (Å²) in [6, 6.07) is 9.67. The van der Waals surface area contributed by atoms with Crippen molar-refractivity contribution < 1.29 is 4.79 Å². The second-order valence-corrected chi connectivity index (χ2v) is 5.08. The third-order valence-electron chi connectivity index (χ3n) is 3.79. The van der Waals surface area contributed by atoms with Crippen LogP contribution >= 0.6 is 0 Å². The smallest absolute Gasteiger partial charge is 0.220 e. The van der Waals surface area contributed by atoms with Crippen LogP contribution in [0.2, 0.25) is 0 Å². The third-order valence-corrected chi connectivity index (χ3v) is 3.79. The van der Waals surface area contributed by atoms with E-state index in [1.54, 1.807) is 0 Å². The Morgan fingerprint density at radius 1 is 1.12 bits per heavy atom. The fraction of sp³-hybridized carbons (Fsp3) is 0.500. The van der Waals surface area contributed by atoms with Crippen LogP contribution in [-0.2, 0) is 17.6 Å². The van der Waals surface area contributed by atoms with Gasteiger partial charge in [0.25, 0.3) is 0 Å². The Balaban J connectivity index is 1.57. The largest absolute Gasteiger partial charge is 0.355 e. The number of nitrogens with one attached hydrogen (secondary N) is 2. The van der Waals surface area contributed by atoms with E-state index in [2.05, 4.69) is 34.9 Å². The van der Waals surface area contributed by atoms with Crippen LogP contribution in [0.5, 0.6) is 0 Å². The summed E-state index contributed by atoms with van der Waals surface area (Å²) in [6.45, 7) is 0.783. The molecule has 1 aromatic rings. The zero-order valence-corrected chi connectivity index (χ0v) is 9.91. The lowest BCUT2D eigenvalue weighted by Crippen LogP contribution is -2.49. The first kappa shape index (κ1) is 10.8. The van der Waals surface area contributed by atoms with Gasteiger partial charge in [-0.05, 0) is 30.4 Å². The number of amides is 1. The molecule has 1 saturated heterocycles. The van der Waals surface area contributed by atoms with E-state index in [1.807, 2.05) is 0 Å². The Bertz CT molecular complexity index is 395. The summed E-state index contributed by atoms with van der Waals surface area (Å²) in [5.74, 6) is 0.192. The van der Waals surface area contributed by atoms with E-state index < -0.39 is 0 Å². The van der Waals surface area contributed by atoms with Gasteiger partial charge < -0.3 is 10.6 Å². The normalized spacial score (nSPS) is 24.5. The number of carbonyl (C=O) groups is 1. The molecule has 3 heteroatoms. The molecule has 0 bridgehead atoms. The lowest BCUT2D eigenvalue weighted by atomic mass is 10.1. The van der Waals surface area contributed by atoms with Crippen molar-refractivity contribution in [2.45, 2.75) is 37.8 Å². The Morgan fingerprint density at radius 3 is 2.41 bits per heavy atom. The molecular weight excluding hydrogens is 212 g/mol. The summed E-state index contributed by atoms with van der Waals surface area (Å²) in [5.41, 5.74) is 2.95. The molecule has 3 rings (SSSR count). The van der Waals surface area contributed by atoms with Crippen molar-refractivity contribution in [3.8, 4) is 0 Å². The minimum atomic E-state index is 0.192. The molecule has 2 aliphatic rings. The average molecular weight is 230 g/mol. The summed E-state index contributed by atoms with van der Waals surface area (Å²) in [6.07, 6.45) is 3.89. The monoisotopic (exact) mass is 230 g/mol. The van der Waals surface area contributed by atoms with Crippen LogP contribution in [0, 0.1) is 0 Å². The third kappa shape index (κ3) is 2.34. The van der Waals surface area contributed by atoms with Crippen molar-refractivity contribution in [3.63, 3.8) is 0 Å². The van der Waals surface area contributed by atoms with Gasteiger partial charge in [0.1, 0.15) is 0 Å². The average Bonchev–Trinajstić information content (AvgIpc) is 2.74. The number of rotatable bonds is 2. The van der Waals surface area contributed by atoms with Gasteiger partial charge in [0.05, 0.1) is 0 Å². The van der Waals surface area contributed by atoms with Crippen molar-refractivity contribution in [1.29, 1.82) is 0 Å². The second-order valence-electron chi connectivity index (χ2n) is 5.08. The van der Waals surface area contributed by atoms with Crippen LogP contribution in [-0.4, -0.2) is 24.5 Å². The highest BCUT2D eigenvalue weighted by Crippen LogP contribution is 2.22. The fourth-order valence-corrected chi connectivity index (χ4v) is 2.89. The zero-order chi connectivity index (χ0) is 11.7. The summed E-state index contributed by atoms with van der Waals surface area (Å²) >= 11 is 0. The van der Waals surface area contributed by atoms with Crippen LogP contribution in [0.4, 0.5) is 0 Å². The van der Waals surface area contributed by atoms with E-state index in [-0.39, 0.29) is 5.91 Å². The van der Waals surface area contributed by atoms with Gasteiger partial charge in [-0.3, -0.25) is 4.79 Å².